The van der Waals surface area contributed by atoms with Gasteiger partial charge in [0.15, 0.2) is 22.9 Å². The predicted octanol–water partition coefficient (Wildman–Crippen LogP) is 2.36. The van der Waals surface area contributed by atoms with E-state index in [1.165, 1.54) is 16.8 Å². The summed E-state index contributed by atoms with van der Waals surface area (Å²) < 4.78 is 32.5. The zero-order valence-electron chi connectivity index (χ0n) is 26.4. The molecule has 0 bridgehead atoms. The summed E-state index contributed by atoms with van der Waals surface area (Å²) in [5.74, 6) is -0.378. The van der Waals surface area contributed by atoms with Gasteiger partial charge in [-0.05, 0) is 36.3 Å². The number of carbonyl (C=O) groups is 1. The fraction of sp³-hybridized carbons (Fsp3) is 0.815. The highest BCUT2D eigenvalue weighted by Crippen LogP contribution is 2.43. The normalized spacial score (nSPS) is 22.2. The van der Waals surface area contributed by atoms with E-state index in [0.717, 1.165) is 0 Å². The summed E-state index contributed by atoms with van der Waals surface area (Å²) in [5.41, 5.74) is -1.19. The largest absolute Gasteiger partial charge is 0.414 e. The van der Waals surface area contributed by atoms with Crippen LogP contribution in [0.15, 0.2) is 21.9 Å². The summed E-state index contributed by atoms with van der Waals surface area (Å²) >= 11 is 0. The van der Waals surface area contributed by atoms with Crippen molar-refractivity contribution in [2.24, 2.45) is 0 Å². The molecule has 1 aliphatic heterocycles. The molecule has 0 spiro atoms. The summed E-state index contributed by atoms with van der Waals surface area (Å²) in [7, 11) is -4.57. The van der Waals surface area contributed by atoms with Crippen molar-refractivity contribution in [3.8, 4) is 0 Å². The first-order valence-corrected chi connectivity index (χ1v) is 20.0. The molecule has 4 atom stereocenters. The number of aliphatic hydroxyl groups excluding tert-OH is 1. The summed E-state index contributed by atoms with van der Waals surface area (Å²) in [5, 5.41) is 11.4. The van der Waals surface area contributed by atoms with Crippen molar-refractivity contribution in [3.05, 3.63) is 33.1 Å². The van der Waals surface area contributed by atoms with Gasteiger partial charge in [-0.1, -0.05) is 41.5 Å². The van der Waals surface area contributed by atoms with Gasteiger partial charge in [0.05, 0.1) is 26.4 Å². The Balaban J connectivity index is 2.42. The average molecular weight is 618 g/mol. The van der Waals surface area contributed by atoms with E-state index in [1.807, 2.05) is 0 Å². The lowest BCUT2D eigenvalue weighted by atomic mass is 10.1. The Morgan fingerprint density at radius 1 is 1.05 bits per heavy atom. The van der Waals surface area contributed by atoms with Crippen molar-refractivity contribution in [2.75, 3.05) is 39.6 Å². The average Bonchev–Trinajstić information content (AvgIpc) is 3.16. The van der Waals surface area contributed by atoms with E-state index in [-0.39, 0.29) is 55.6 Å². The third kappa shape index (κ3) is 9.68. The lowest BCUT2D eigenvalue weighted by Gasteiger charge is -2.41. The fourth-order valence-corrected chi connectivity index (χ4v) is 6.02. The number of aromatic amines is 1. The van der Waals surface area contributed by atoms with Gasteiger partial charge in [-0.2, -0.15) is 0 Å². The van der Waals surface area contributed by atoms with Gasteiger partial charge < -0.3 is 33.5 Å². The maximum Gasteiger partial charge on any atom is 0.330 e. The van der Waals surface area contributed by atoms with Crippen molar-refractivity contribution >= 4 is 22.5 Å². The zero-order chi connectivity index (χ0) is 31.2. The van der Waals surface area contributed by atoms with Gasteiger partial charge in [0.1, 0.15) is 24.9 Å². The number of rotatable bonds is 14. The fourth-order valence-electron chi connectivity index (χ4n) is 3.69. The molecule has 0 saturated carbocycles. The Morgan fingerprint density at radius 2 is 1.68 bits per heavy atom. The molecular weight excluding hydrogens is 566 g/mol. The summed E-state index contributed by atoms with van der Waals surface area (Å²) in [6.07, 6.45) is -1.70. The third-order valence-electron chi connectivity index (χ3n) is 8.27. The molecule has 12 nitrogen and oxygen atoms in total. The van der Waals surface area contributed by atoms with Gasteiger partial charge in [0, 0.05) is 18.8 Å². The number of ether oxygens (including phenoxy) is 3. The van der Waals surface area contributed by atoms with Crippen LogP contribution in [0.25, 0.3) is 0 Å². The Labute approximate surface area is 245 Å². The Morgan fingerprint density at radius 3 is 2.24 bits per heavy atom. The van der Waals surface area contributed by atoms with Crippen LogP contribution in [-0.4, -0.2) is 95.1 Å². The Hall–Kier alpha value is -1.66. The number of nitrogens with one attached hydrogen (secondary N) is 2. The van der Waals surface area contributed by atoms with Crippen LogP contribution in [0, 0.1) is 0 Å². The smallest absolute Gasteiger partial charge is 0.330 e. The maximum atomic E-state index is 12.8. The zero-order valence-corrected chi connectivity index (χ0v) is 28.4. The highest BCUT2D eigenvalue weighted by atomic mass is 28.4. The number of nitrogens with zero attached hydrogens (tertiary/aromatic N) is 1. The number of aliphatic hydroxyl groups is 1. The second-order valence-corrected chi connectivity index (χ2v) is 23.0. The van der Waals surface area contributed by atoms with Crippen LogP contribution in [0.5, 0.6) is 0 Å². The van der Waals surface area contributed by atoms with Gasteiger partial charge in [-0.3, -0.25) is 19.1 Å². The molecule has 2 unspecified atom stereocenters. The molecule has 14 heteroatoms. The highest BCUT2D eigenvalue weighted by molar-refractivity contribution is 6.74. The number of hydrogen-bond acceptors (Lipinski definition) is 9. The first-order chi connectivity index (χ1) is 18.8. The Bertz CT molecular complexity index is 1110. The van der Waals surface area contributed by atoms with Gasteiger partial charge >= 0.3 is 5.69 Å². The lowest BCUT2D eigenvalue weighted by Crippen LogP contribution is -2.52. The van der Waals surface area contributed by atoms with Crippen LogP contribution in [-0.2, 0) is 27.9 Å². The molecule has 1 saturated heterocycles. The van der Waals surface area contributed by atoms with Crippen LogP contribution >= 0.6 is 0 Å². The van der Waals surface area contributed by atoms with E-state index >= 15 is 0 Å². The standard InChI is InChI=1S/C27H51N3O9Si2/c1-26(2,3)40(7,8)37-17-19-22(39-41(9,10)27(4,5)6)23(36-18-21(33)28-12-15-35-16-14-31)24(38-19)30-13-11-20(32)29-25(30)34/h11,13,19,22-24,31H,12,14-18H2,1-10H3,(H,28,33)(H,29,32,34)/t19-,22?,23?,24-/m1/s1. The van der Waals surface area contributed by atoms with Crippen molar-refractivity contribution in [2.45, 2.75) is 102 Å². The van der Waals surface area contributed by atoms with E-state index in [4.69, 9.17) is 28.2 Å². The van der Waals surface area contributed by atoms with Crippen molar-refractivity contribution < 1.29 is 33.0 Å². The maximum absolute atomic E-state index is 12.8. The van der Waals surface area contributed by atoms with Gasteiger partial charge in [-0.15, -0.1) is 0 Å². The van der Waals surface area contributed by atoms with Crippen LogP contribution in [0.1, 0.15) is 47.8 Å². The van der Waals surface area contributed by atoms with E-state index in [9.17, 15) is 14.4 Å². The topological polar surface area (TPSA) is 150 Å². The minimum Gasteiger partial charge on any atom is -0.414 e. The molecule has 3 N–H and O–H groups in total. The molecule has 1 fully saturated rings. The van der Waals surface area contributed by atoms with Gasteiger partial charge in [0.25, 0.3) is 5.56 Å². The van der Waals surface area contributed by atoms with Crippen LogP contribution < -0.4 is 16.6 Å². The molecule has 1 aromatic rings. The summed E-state index contributed by atoms with van der Waals surface area (Å²) in [6.45, 7) is 21.9. The molecule has 0 aliphatic carbocycles. The predicted molar refractivity (Wildman–Crippen MR) is 161 cm³/mol. The number of carbonyl (C=O) groups excluding carboxylic acids is 1. The van der Waals surface area contributed by atoms with Crippen LogP contribution in [0.4, 0.5) is 0 Å². The van der Waals surface area contributed by atoms with Gasteiger partial charge in [-0.25, -0.2) is 4.79 Å². The lowest BCUT2D eigenvalue weighted by molar-refractivity contribution is -0.133. The first kappa shape index (κ1) is 35.5. The summed E-state index contributed by atoms with van der Waals surface area (Å²) in [6, 6.07) is 1.24. The number of aromatic nitrogens is 2. The van der Waals surface area contributed by atoms with Gasteiger partial charge in [0.2, 0.25) is 5.91 Å². The highest BCUT2D eigenvalue weighted by Gasteiger charge is 2.52. The van der Waals surface area contributed by atoms with Crippen molar-refractivity contribution in [1.82, 2.24) is 14.9 Å². The molecule has 41 heavy (non-hydrogen) atoms. The number of hydrogen-bond donors (Lipinski definition) is 3. The quantitative estimate of drug-likeness (QED) is 0.211. The molecular formula is C27H51N3O9Si2. The molecule has 2 heterocycles. The van der Waals surface area contributed by atoms with E-state index in [0.29, 0.717) is 0 Å². The molecule has 1 aliphatic rings. The third-order valence-corrected chi connectivity index (χ3v) is 17.2. The molecule has 2 rings (SSSR count). The molecule has 0 radical (unpaired) electrons. The molecule has 236 valence electrons. The number of H-pyrrole nitrogens is 1. The van der Waals surface area contributed by atoms with E-state index < -0.39 is 52.4 Å². The first-order valence-electron chi connectivity index (χ1n) is 14.2. The second kappa shape index (κ2) is 14.2. The van der Waals surface area contributed by atoms with E-state index in [2.05, 4.69) is 78.0 Å². The Kier molecular flexibility index (Phi) is 12.3. The minimum absolute atomic E-state index is 0.0362. The summed E-state index contributed by atoms with van der Waals surface area (Å²) in [4.78, 5) is 39.6. The molecule has 0 aromatic carbocycles. The number of amides is 1. The van der Waals surface area contributed by atoms with Crippen LogP contribution in [0.3, 0.4) is 0 Å². The monoisotopic (exact) mass is 617 g/mol. The van der Waals surface area contributed by atoms with Crippen LogP contribution in [0.2, 0.25) is 36.3 Å². The second-order valence-electron chi connectivity index (χ2n) is 13.5. The minimum atomic E-state index is -2.40. The SMILES string of the molecule is CC(C)(C)[Si](C)(C)OC[C@H]1O[C@@H](n2ccc(=O)[nH]c2=O)C(OCC(=O)NCCOCCO)C1O[Si](C)(C)C(C)(C)C. The molecule has 1 aromatic heterocycles. The van der Waals surface area contributed by atoms with E-state index in [1.54, 1.807) is 0 Å². The van der Waals surface area contributed by atoms with Crippen molar-refractivity contribution in [3.63, 3.8) is 0 Å². The van der Waals surface area contributed by atoms with Crippen molar-refractivity contribution in [1.29, 1.82) is 0 Å². The molecule has 1 amide bonds.